The van der Waals surface area contributed by atoms with Crippen molar-refractivity contribution < 1.29 is 13.2 Å². The lowest BCUT2D eigenvalue weighted by atomic mass is 10.0. The van der Waals surface area contributed by atoms with Gasteiger partial charge in [-0.1, -0.05) is 0 Å². The Morgan fingerprint density at radius 3 is 2.40 bits per heavy atom. The van der Waals surface area contributed by atoms with Crippen molar-refractivity contribution in [1.29, 1.82) is 0 Å². The Balaban J connectivity index is 2.36. The van der Waals surface area contributed by atoms with E-state index < -0.39 is 11.7 Å². The Labute approximate surface area is 126 Å². The molecule has 0 saturated carbocycles. The van der Waals surface area contributed by atoms with Crippen molar-refractivity contribution in [3.63, 3.8) is 0 Å². The summed E-state index contributed by atoms with van der Waals surface area (Å²) in [6.45, 7) is 1.01. The summed E-state index contributed by atoms with van der Waals surface area (Å²) in [6, 6.07) is 3.42. The molecule has 0 spiro atoms. The highest BCUT2D eigenvalue weighted by atomic mass is 32.2. The summed E-state index contributed by atoms with van der Waals surface area (Å²) in [6.07, 6.45) is 2.30. The lowest BCUT2D eigenvalue weighted by Crippen LogP contribution is -2.24. The molecule has 0 aromatic heterocycles. The minimum absolute atomic E-state index is 0.322. The maximum Gasteiger partial charge on any atom is 0.417 e. The molecule has 1 heterocycles. The van der Waals surface area contributed by atoms with Gasteiger partial charge in [0.1, 0.15) is 0 Å². The molecule has 0 bridgehead atoms. The van der Waals surface area contributed by atoms with E-state index in [4.69, 9.17) is 0 Å². The SMILES string of the molecule is CSc1cc(C(F)(F)F)c(SC)cc1C[C@H]1CCCN1. The summed E-state index contributed by atoms with van der Waals surface area (Å²) in [7, 11) is 0. The average molecular weight is 321 g/mol. The van der Waals surface area contributed by atoms with Crippen LogP contribution >= 0.6 is 23.5 Å². The van der Waals surface area contributed by atoms with Crippen molar-refractivity contribution in [3.8, 4) is 0 Å². The monoisotopic (exact) mass is 321 g/mol. The largest absolute Gasteiger partial charge is 0.417 e. The van der Waals surface area contributed by atoms with E-state index in [0.29, 0.717) is 10.9 Å². The summed E-state index contributed by atoms with van der Waals surface area (Å²) in [5.41, 5.74) is 0.506. The van der Waals surface area contributed by atoms with Gasteiger partial charge in [0.25, 0.3) is 0 Å². The van der Waals surface area contributed by atoms with E-state index in [0.717, 1.165) is 48.0 Å². The van der Waals surface area contributed by atoms with E-state index >= 15 is 0 Å². The number of nitrogens with one attached hydrogen (secondary N) is 1. The number of halogens is 3. The maximum atomic E-state index is 13.1. The second-order valence-corrected chi connectivity index (χ2v) is 6.56. The standard InChI is InChI=1S/C14H18F3NS2/c1-19-12-8-11(14(15,16)17)13(20-2)7-9(12)6-10-4-3-5-18-10/h7-8,10,18H,3-6H2,1-2H3/t10-/m1/s1. The average Bonchev–Trinajstić information content (AvgIpc) is 2.89. The summed E-state index contributed by atoms with van der Waals surface area (Å²) in [5.74, 6) is 0. The molecule has 20 heavy (non-hydrogen) atoms. The predicted octanol–water partition coefficient (Wildman–Crippen LogP) is 4.44. The summed E-state index contributed by atoms with van der Waals surface area (Å²) < 4.78 is 39.2. The van der Waals surface area contributed by atoms with Gasteiger partial charge in [0.05, 0.1) is 5.56 Å². The fraction of sp³-hybridized carbons (Fsp3) is 0.571. The van der Waals surface area contributed by atoms with Crippen molar-refractivity contribution in [2.45, 2.75) is 41.3 Å². The molecule has 6 heteroatoms. The second-order valence-electron chi connectivity index (χ2n) is 4.86. The fourth-order valence-corrected chi connectivity index (χ4v) is 3.83. The van der Waals surface area contributed by atoms with Crippen LogP contribution in [-0.4, -0.2) is 25.1 Å². The first-order chi connectivity index (χ1) is 9.45. The number of hydrogen-bond donors (Lipinski definition) is 1. The Bertz CT molecular complexity index is 468. The first-order valence-corrected chi connectivity index (χ1v) is 8.96. The van der Waals surface area contributed by atoms with Gasteiger partial charge >= 0.3 is 6.18 Å². The van der Waals surface area contributed by atoms with E-state index in [1.54, 1.807) is 12.3 Å². The molecule has 0 radical (unpaired) electrons. The van der Waals surface area contributed by atoms with Crippen molar-refractivity contribution in [2.24, 2.45) is 0 Å². The van der Waals surface area contributed by atoms with E-state index in [9.17, 15) is 13.2 Å². The molecule has 1 saturated heterocycles. The molecule has 2 rings (SSSR count). The molecule has 1 aromatic rings. The first-order valence-electron chi connectivity index (χ1n) is 6.51. The lowest BCUT2D eigenvalue weighted by molar-refractivity contribution is -0.139. The fourth-order valence-electron chi connectivity index (χ4n) is 2.54. The number of benzene rings is 1. The van der Waals surface area contributed by atoms with Crippen LogP contribution in [0.25, 0.3) is 0 Å². The lowest BCUT2D eigenvalue weighted by Gasteiger charge is -2.18. The highest BCUT2D eigenvalue weighted by Gasteiger charge is 2.34. The third-order valence-corrected chi connectivity index (χ3v) is 5.13. The molecule has 1 fully saturated rings. The summed E-state index contributed by atoms with van der Waals surface area (Å²) in [4.78, 5) is 1.06. The summed E-state index contributed by atoms with van der Waals surface area (Å²) >= 11 is 2.56. The topological polar surface area (TPSA) is 12.0 Å². The van der Waals surface area contributed by atoms with Gasteiger partial charge in [-0.05, 0) is 56.0 Å². The van der Waals surface area contributed by atoms with E-state index in [1.165, 1.54) is 17.8 Å². The van der Waals surface area contributed by atoms with Crippen LogP contribution in [0.15, 0.2) is 21.9 Å². The van der Waals surface area contributed by atoms with Gasteiger partial charge in [-0.2, -0.15) is 13.2 Å². The Morgan fingerprint density at radius 1 is 1.20 bits per heavy atom. The number of hydrogen-bond acceptors (Lipinski definition) is 3. The Morgan fingerprint density at radius 2 is 1.90 bits per heavy atom. The van der Waals surface area contributed by atoms with Crippen molar-refractivity contribution in [1.82, 2.24) is 5.32 Å². The molecule has 0 amide bonds. The van der Waals surface area contributed by atoms with Gasteiger partial charge in [-0.25, -0.2) is 0 Å². The molecule has 0 unspecified atom stereocenters. The molecule has 1 aliphatic heterocycles. The van der Waals surface area contributed by atoms with Crippen LogP contribution in [0.2, 0.25) is 0 Å². The van der Waals surface area contributed by atoms with E-state index in [-0.39, 0.29) is 0 Å². The van der Waals surface area contributed by atoms with Crippen molar-refractivity contribution in [2.75, 3.05) is 19.1 Å². The third kappa shape index (κ3) is 3.65. The van der Waals surface area contributed by atoms with Crippen molar-refractivity contribution in [3.05, 3.63) is 23.3 Å². The quantitative estimate of drug-likeness (QED) is 0.823. The van der Waals surface area contributed by atoms with E-state index in [2.05, 4.69) is 5.32 Å². The van der Waals surface area contributed by atoms with Crippen molar-refractivity contribution >= 4 is 23.5 Å². The molecule has 1 aliphatic rings. The van der Waals surface area contributed by atoms with Gasteiger partial charge in [0.15, 0.2) is 0 Å². The molecule has 1 nitrogen and oxygen atoms in total. The molecule has 1 atom stereocenters. The Kier molecular flexibility index (Phi) is 5.31. The second kappa shape index (κ2) is 6.62. The number of rotatable bonds is 4. The van der Waals surface area contributed by atoms with Gasteiger partial charge < -0.3 is 5.32 Å². The minimum Gasteiger partial charge on any atom is -0.314 e. The molecule has 1 N–H and O–H groups in total. The third-order valence-electron chi connectivity index (χ3n) is 3.54. The van der Waals surface area contributed by atoms with Crippen LogP contribution in [0.4, 0.5) is 13.2 Å². The molecule has 112 valence electrons. The molecule has 0 aliphatic carbocycles. The predicted molar refractivity (Wildman–Crippen MR) is 79.7 cm³/mol. The van der Waals surface area contributed by atoms with Crippen LogP contribution < -0.4 is 5.32 Å². The normalized spacial score (nSPS) is 19.6. The van der Waals surface area contributed by atoms with Crippen LogP contribution in [0.3, 0.4) is 0 Å². The molecular formula is C14H18F3NS2. The van der Waals surface area contributed by atoms with Gasteiger partial charge in [0, 0.05) is 15.8 Å². The number of alkyl halides is 3. The maximum absolute atomic E-state index is 13.1. The smallest absolute Gasteiger partial charge is 0.314 e. The van der Waals surface area contributed by atoms with Gasteiger partial charge in [-0.3, -0.25) is 0 Å². The molecular weight excluding hydrogens is 303 g/mol. The summed E-state index contributed by atoms with van der Waals surface area (Å²) in [5, 5.41) is 3.40. The first kappa shape index (κ1) is 16.0. The van der Waals surface area contributed by atoms with Crippen LogP contribution in [-0.2, 0) is 12.6 Å². The van der Waals surface area contributed by atoms with Crippen LogP contribution in [0.1, 0.15) is 24.0 Å². The van der Waals surface area contributed by atoms with Crippen LogP contribution in [0, 0.1) is 0 Å². The zero-order valence-electron chi connectivity index (χ0n) is 11.5. The zero-order valence-corrected chi connectivity index (χ0v) is 13.1. The highest BCUT2D eigenvalue weighted by molar-refractivity contribution is 7.99. The van der Waals surface area contributed by atoms with Gasteiger partial charge in [0.2, 0.25) is 0 Å². The minimum atomic E-state index is -4.28. The highest BCUT2D eigenvalue weighted by Crippen LogP contribution is 2.40. The number of thioether (sulfide) groups is 2. The van der Waals surface area contributed by atoms with E-state index in [1.807, 2.05) is 6.26 Å². The van der Waals surface area contributed by atoms with Crippen LogP contribution in [0.5, 0.6) is 0 Å². The van der Waals surface area contributed by atoms with Gasteiger partial charge in [-0.15, -0.1) is 23.5 Å². The zero-order chi connectivity index (χ0) is 14.8. The molecule has 1 aromatic carbocycles. The Hall–Kier alpha value is -0.330.